The molecule has 0 fully saturated rings. The smallest absolute Gasteiger partial charge is 0.429 e. The number of ether oxygens (including phenoxy) is 2. The molecule has 0 radical (unpaired) electrons. The van der Waals surface area contributed by atoms with E-state index >= 15 is 0 Å². The van der Waals surface area contributed by atoms with E-state index < -0.39 is 52.4 Å². The van der Waals surface area contributed by atoms with Crippen LogP contribution < -0.4 is 9.47 Å². The molecule has 0 saturated heterocycles. The first-order chi connectivity index (χ1) is 21.3. The number of unbranched alkanes of at least 4 members (excludes halogenated alkanes) is 1. The lowest BCUT2D eigenvalue weighted by molar-refractivity contribution is -0.187. The molecule has 4 rings (SSSR count). The monoisotopic (exact) mass is 632 g/mol. The molecule has 0 spiro atoms. The Kier molecular flexibility index (Phi) is 10.0. The summed E-state index contributed by atoms with van der Waals surface area (Å²) in [5.41, 5.74) is -2.86. The molecule has 0 aromatic heterocycles. The van der Waals surface area contributed by atoms with Crippen LogP contribution in [0, 0.1) is 47.0 Å². The molecule has 4 aromatic carbocycles. The largest absolute Gasteiger partial charge is 0.494 e. The fraction of sp³-hybridized carbons (Fsp3) is 0.176. The summed E-state index contributed by atoms with van der Waals surface area (Å²) in [5, 5.41) is 0. The van der Waals surface area contributed by atoms with Crippen molar-refractivity contribution in [3.05, 3.63) is 129 Å². The Morgan fingerprint density at radius 3 is 1.73 bits per heavy atom. The van der Waals surface area contributed by atoms with Gasteiger partial charge in [0.25, 0.3) is 0 Å². The molecule has 0 bridgehead atoms. The van der Waals surface area contributed by atoms with E-state index in [2.05, 4.69) is 35.3 Å². The minimum atomic E-state index is -5.42. The summed E-state index contributed by atoms with van der Waals surface area (Å²) in [5.74, 6) is 3.39. The predicted octanol–water partition coefficient (Wildman–Crippen LogP) is 9.37. The Balaban J connectivity index is 1.45. The van der Waals surface area contributed by atoms with E-state index in [0.717, 1.165) is 25.0 Å². The maximum absolute atomic E-state index is 14.6. The molecule has 4 aromatic rings. The molecule has 0 aliphatic carbocycles. The third-order valence-electron chi connectivity index (χ3n) is 6.11. The van der Waals surface area contributed by atoms with Crippen molar-refractivity contribution >= 4 is 0 Å². The number of hydrogen-bond acceptors (Lipinski definition) is 2. The maximum atomic E-state index is 14.6. The highest BCUT2D eigenvalue weighted by atomic mass is 19.4. The highest BCUT2D eigenvalue weighted by Gasteiger charge is 2.41. The summed E-state index contributed by atoms with van der Waals surface area (Å²) in [7, 11) is 0. The topological polar surface area (TPSA) is 18.5 Å². The van der Waals surface area contributed by atoms with Crippen molar-refractivity contribution in [2.75, 3.05) is 6.61 Å². The third-order valence-corrected chi connectivity index (χ3v) is 6.11. The van der Waals surface area contributed by atoms with Crippen LogP contribution >= 0.6 is 0 Å². The molecule has 232 valence electrons. The highest BCUT2D eigenvalue weighted by molar-refractivity contribution is 5.49. The third kappa shape index (κ3) is 8.54. The van der Waals surface area contributed by atoms with Gasteiger partial charge in [0.1, 0.15) is 45.9 Å². The van der Waals surface area contributed by atoms with Crippen LogP contribution in [0.4, 0.5) is 39.5 Å². The van der Waals surface area contributed by atoms with Crippen molar-refractivity contribution in [2.45, 2.75) is 32.1 Å². The molecule has 11 heteroatoms. The van der Waals surface area contributed by atoms with Crippen molar-refractivity contribution in [1.29, 1.82) is 0 Å². The molecule has 0 amide bonds. The molecular formula is C34H21F9O2. The molecule has 0 saturated carbocycles. The highest BCUT2D eigenvalue weighted by Crippen LogP contribution is 2.38. The zero-order chi connectivity index (χ0) is 32.8. The van der Waals surface area contributed by atoms with Gasteiger partial charge in [-0.2, -0.15) is 22.0 Å². The van der Waals surface area contributed by atoms with Gasteiger partial charge in [-0.15, -0.1) is 0 Å². The number of rotatable bonds is 7. The van der Waals surface area contributed by atoms with Gasteiger partial charge in [-0.1, -0.05) is 37.0 Å². The summed E-state index contributed by atoms with van der Waals surface area (Å²) < 4.78 is 134. The van der Waals surface area contributed by atoms with Gasteiger partial charge >= 0.3 is 12.3 Å². The molecule has 0 aliphatic rings. The van der Waals surface area contributed by atoms with E-state index in [1.165, 1.54) is 12.1 Å². The molecule has 0 unspecified atom stereocenters. The van der Waals surface area contributed by atoms with Crippen molar-refractivity contribution in [3.8, 4) is 35.2 Å². The Morgan fingerprint density at radius 1 is 0.600 bits per heavy atom. The van der Waals surface area contributed by atoms with Gasteiger partial charge in [0.15, 0.2) is 0 Å². The van der Waals surface area contributed by atoms with Gasteiger partial charge in [0.2, 0.25) is 0 Å². The number of benzene rings is 4. The number of hydrogen-bond donors (Lipinski definition) is 0. The summed E-state index contributed by atoms with van der Waals surface area (Å²) in [6, 6.07) is 13.0. The second-order valence-electron chi connectivity index (χ2n) is 9.49. The average Bonchev–Trinajstić information content (AvgIpc) is 2.95. The Hall–Kier alpha value is -5.03. The van der Waals surface area contributed by atoms with Crippen LogP contribution in [0.2, 0.25) is 0 Å². The SMILES string of the molecule is CCCCOc1ccc(C#Cc2ccc(C#Cc3ccc(C(F)(F)Oc4cc(F)c(C(F)(F)F)c(F)c4)c(F)c3)c(F)c2)cc1. The standard InChI is InChI=1S/C34H21F9O2/c1-2-3-16-44-25-13-8-21(9-14-25)4-5-22-6-11-24(28(35)17-22)12-7-23-10-15-27(29(36)18-23)34(42,43)45-26-19-30(37)32(31(38)20-26)33(39,40)41/h6,8-11,13-15,17-20H,2-3,16H2,1H3. The minimum absolute atomic E-state index is 0.0846. The second-order valence-corrected chi connectivity index (χ2v) is 9.49. The lowest BCUT2D eigenvalue weighted by Crippen LogP contribution is -2.24. The molecule has 45 heavy (non-hydrogen) atoms. The lowest BCUT2D eigenvalue weighted by Gasteiger charge is -2.20. The van der Waals surface area contributed by atoms with Crippen LogP contribution in [0.3, 0.4) is 0 Å². The first kappa shape index (κ1) is 32.9. The summed E-state index contributed by atoms with van der Waals surface area (Å²) >= 11 is 0. The molecule has 0 aliphatic heterocycles. The quantitative estimate of drug-likeness (QED) is 0.115. The van der Waals surface area contributed by atoms with Crippen LogP contribution in [0.15, 0.2) is 72.8 Å². The van der Waals surface area contributed by atoms with Crippen LogP contribution in [0.25, 0.3) is 0 Å². The number of alkyl halides is 5. The van der Waals surface area contributed by atoms with Gasteiger partial charge in [0, 0.05) is 28.8 Å². The van der Waals surface area contributed by atoms with Gasteiger partial charge < -0.3 is 9.47 Å². The van der Waals surface area contributed by atoms with Gasteiger partial charge in [-0.25, -0.2) is 17.6 Å². The van der Waals surface area contributed by atoms with E-state index in [1.807, 2.05) is 0 Å². The Morgan fingerprint density at radius 2 is 1.16 bits per heavy atom. The Labute approximate surface area is 252 Å². The Bertz CT molecular complexity index is 1780. The lowest BCUT2D eigenvalue weighted by atomic mass is 10.1. The predicted molar refractivity (Wildman–Crippen MR) is 147 cm³/mol. The maximum Gasteiger partial charge on any atom is 0.429 e. The molecule has 0 heterocycles. The summed E-state index contributed by atoms with van der Waals surface area (Å²) in [4.78, 5) is 0. The van der Waals surface area contributed by atoms with Crippen LogP contribution in [0.1, 0.15) is 53.1 Å². The van der Waals surface area contributed by atoms with Crippen molar-refractivity contribution < 1.29 is 49.0 Å². The normalized spacial score (nSPS) is 11.2. The molecule has 2 nitrogen and oxygen atoms in total. The van der Waals surface area contributed by atoms with E-state index in [9.17, 15) is 39.5 Å². The first-order valence-electron chi connectivity index (χ1n) is 13.3. The average molecular weight is 633 g/mol. The van der Waals surface area contributed by atoms with Gasteiger partial charge in [-0.05, 0) is 67.1 Å². The summed E-state index contributed by atoms with van der Waals surface area (Å²) in [6.07, 6.45) is -8.00. The van der Waals surface area contributed by atoms with E-state index in [1.54, 1.807) is 24.3 Å². The van der Waals surface area contributed by atoms with Crippen molar-refractivity contribution in [3.63, 3.8) is 0 Å². The van der Waals surface area contributed by atoms with Crippen LogP contribution in [-0.2, 0) is 12.3 Å². The summed E-state index contributed by atoms with van der Waals surface area (Å²) in [6.45, 7) is 2.67. The van der Waals surface area contributed by atoms with Crippen molar-refractivity contribution in [1.82, 2.24) is 0 Å². The fourth-order valence-corrected chi connectivity index (χ4v) is 3.86. The van der Waals surface area contributed by atoms with E-state index in [-0.39, 0.29) is 23.3 Å². The van der Waals surface area contributed by atoms with Crippen LogP contribution in [-0.4, -0.2) is 6.61 Å². The minimum Gasteiger partial charge on any atom is -0.494 e. The van der Waals surface area contributed by atoms with Gasteiger partial charge in [0.05, 0.1) is 12.2 Å². The van der Waals surface area contributed by atoms with E-state index in [0.29, 0.717) is 35.6 Å². The van der Waals surface area contributed by atoms with E-state index in [4.69, 9.17) is 4.74 Å². The zero-order valence-corrected chi connectivity index (χ0v) is 23.3. The fourth-order valence-electron chi connectivity index (χ4n) is 3.86. The molecule has 0 atom stereocenters. The van der Waals surface area contributed by atoms with Crippen LogP contribution in [0.5, 0.6) is 11.5 Å². The first-order valence-corrected chi connectivity index (χ1v) is 13.3. The molecular weight excluding hydrogens is 611 g/mol. The van der Waals surface area contributed by atoms with Gasteiger partial charge in [-0.3, -0.25) is 0 Å². The zero-order valence-electron chi connectivity index (χ0n) is 23.3. The molecule has 0 N–H and O–H groups in total. The number of halogens is 9. The second kappa shape index (κ2) is 13.7. The van der Waals surface area contributed by atoms with Crippen molar-refractivity contribution in [2.24, 2.45) is 0 Å².